The van der Waals surface area contributed by atoms with Crippen molar-refractivity contribution < 1.29 is 13.6 Å². The minimum Gasteiger partial charge on any atom is -0.467 e. The average molecular weight is 330 g/mol. The topological polar surface area (TPSA) is 74.2 Å². The number of hydrogen-bond donors (Lipinski definition) is 2. The highest BCUT2D eigenvalue weighted by molar-refractivity contribution is 5.76. The molecule has 24 heavy (non-hydrogen) atoms. The molecule has 0 saturated carbocycles. The highest BCUT2D eigenvalue weighted by Gasteiger charge is 2.09. The fraction of sp³-hybridized carbons (Fsp3) is 0.294. The van der Waals surface area contributed by atoms with E-state index in [1.165, 1.54) is 12.1 Å². The maximum Gasteiger partial charge on any atom is 0.221 e. The van der Waals surface area contributed by atoms with Crippen LogP contribution >= 0.6 is 0 Å². The number of halogens is 1. The number of H-pyrrole nitrogens is 1. The Balaban J connectivity index is 1.45. The SMILES string of the molecule is CN(CCC(=O)NCc1ccco1)Cc1nc2ccc(F)cc2[nH]1. The van der Waals surface area contributed by atoms with Crippen LogP contribution in [0.15, 0.2) is 41.0 Å². The molecule has 126 valence electrons. The van der Waals surface area contributed by atoms with Crippen LogP contribution in [-0.4, -0.2) is 34.4 Å². The maximum absolute atomic E-state index is 13.2. The van der Waals surface area contributed by atoms with Gasteiger partial charge in [-0.15, -0.1) is 0 Å². The molecule has 6 nitrogen and oxygen atoms in total. The standard InChI is InChI=1S/C17H19FN4O2/c1-22(7-6-17(23)19-10-13-3-2-8-24-13)11-16-20-14-5-4-12(18)9-15(14)21-16/h2-5,8-9H,6-7,10-11H2,1H3,(H,19,23)(H,20,21). The number of rotatable bonds is 7. The Morgan fingerprint density at radius 1 is 1.42 bits per heavy atom. The third-order valence-electron chi connectivity index (χ3n) is 3.67. The van der Waals surface area contributed by atoms with Crippen molar-refractivity contribution in [3.63, 3.8) is 0 Å². The number of nitrogens with one attached hydrogen (secondary N) is 2. The van der Waals surface area contributed by atoms with Gasteiger partial charge in [0.05, 0.1) is 30.4 Å². The number of nitrogens with zero attached hydrogens (tertiary/aromatic N) is 2. The summed E-state index contributed by atoms with van der Waals surface area (Å²) in [5, 5.41) is 2.81. The molecule has 7 heteroatoms. The quantitative estimate of drug-likeness (QED) is 0.698. The number of amides is 1. The number of benzene rings is 1. The van der Waals surface area contributed by atoms with Crippen molar-refractivity contribution in [1.29, 1.82) is 0 Å². The second kappa shape index (κ2) is 7.27. The number of fused-ring (bicyclic) bond motifs is 1. The minimum absolute atomic E-state index is 0.0371. The first kappa shape index (κ1) is 16.2. The molecule has 0 spiro atoms. The van der Waals surface area contributed by atoms with E-state index in [-0.39, 0.29) is 11.7 Å². The Hall–Kier alpha value is -2.67. The van der Waals surface area contributed by atoms with Crippen molar-refractivity contribution >= 4 is 16.9 Å². The Kier molecular flexibility index (Phi) is 4.90. The summed E-state index contributed by atoms with van der Waals surface area (Å²) < 4.78 is 18.3. The van der Waals surface area contributed by atoms with E-state index in [4.69, 9.17) is 4.42 Å². The molecule has 0 fully saturated rings. The largest absolute Gasteiger partial charge is 0.467 e. The molecule has 0 atom stereocenters. The van der Waals surface area contributed by atoms with Gasteiger partial charge in [-0.2, -0.15) is 0 Å². The Bertz CT molecular complexity index is 813. The number of imidazole rings is 1. The summed E-state index contributed by atoms with van der Waals surface area (Å²) in [4.78, 5) is 21.3. The zero-order valence-electron chi connectivity index (χ0n) is 13.4. The van der Waals surface area contributed by atoms with E-state index in [1.54, 1.807) is 18.4 Å². The first-order valence-corrected chi connectivity index (χ1v) is 7.72. The first-order valence-electron chi connectivity index (χ1n) is 7.72. The van der Waals surface area contributed by atoms with Crippen molar-refractivity contribution in [1.82, 2.24) is 20.2 Å². The fourth-order valence-electron chi connectivity index (χ4n) is 2.42. The number of aromatic amines is 1. The molecular weight excluding hydrogens is 311 g/mol. The van der Waals surface area contributed by atoms with E-state index in [2.05, 4.69) is 15.3 Å². The molecule has 0 unspecified atom stereocenters. The van der Waals surface area contributed by atoms with Gasteiger partial charge in [0.15, 0.2) is 0 Å². The monoisotopic (exact) mass is 330 g/mol. The summed E-state index contributed by atoms with van der Waals surface area (Å²) in [5.41, 5.74) is 1.41. The molecule has 0 radical (unpaired) electrons. The lowest BCUT2D eigenvalue weighted by atomic mass is 10.3. The second-order valence-corrected chi connectivity index (χ2v) is 5.69. The van der Waals surface area contributed by atoms with Crippen molar-refractivity contribution in [2.24, 2.45) is 0 Å². The summed E-state index contributed by atoms with van der Waals surface area (Å²) in [6.45, 7) is 1.54. The molecule has 3 rings (SSSR count). The molecule has 0 aliphatic rings. The highest BCUT2D eigenvalue weighted by atomic mass is 19.1. The molecule has 0 saturated heterocycles. The van der Waals surface area contributed by atoms with Gasteiger partial charge in [-0.05, 0) is 37.4 Å². The maximum atomic E-state index is 13.2. The lowest BCUT2D eigenvalue weighted by Crippen LogP contribution is -2.28. The summed E-state index contributed by atoms with van der Waals surface area (Å²) in [6, 6.07) is 8.06. The Morgan fingerprint density at radius 3 is 3.08 bits per heavy atom. The van der Waals surface area contributed by atoms with Crippen LogP contribution in [0.2, 0.25) is 0 Å². The third kappa shape index (κ3) is 4.20. The molecule has 0 aliphatic heterocycles. The number of carbonyl (C=O) groups is 1. The second-order valence-electron chi connectivity index (χ2n) is 5.69. The van der Waals surface area contributed by atoms with Gasteiger partial charge >= 0.3 is 0 Å². The van der Waals surface area contributed by atoms with Gasteiger partial charge in [-0.1, -0.05) is 0 Å². The highest BCUT2D eigenvalue weighted by Crippen LogP contribution is 2.13. The predicted octanol–water partition coefficient (Wildman–Crippen LogP) is 2.43. The van der Waals surface area contributed by atoms with Crippen LogP contribution in [0.25, 0.3) is 11.0 Å². The smallest absolute Gasteiger partial charge is 0.221 e. The summed E-state index contributed by atoms with van der Waals surface area (Å²) in [7, 11) is 1.91. The van der Waals surface area contributed by atoms with Crippen LogP contribution in [-0.2, 0) is 17.9 Å². The molecular formula is C17H19FN4O2. The van der Waals surface area contributed by atoms with Crippen molar-refractivity contribution in [3.05, 3.63) is 54.0 Å². The van der Waals surface area contributed by atoms with E-state index in [1.807, 2.05) is 18.0 Å². The van der Waals surface area contributed by atoms with Crippen LogP contribution in [0, 0.1) is 5.82 Å². The van der Waals surface area contributed by atoms with Crippen molar-refractivity contribution in [2.75, 3.05) is 13.6 Å². The van der Waals surface area contributed by atoms with Crippen LogP contribution in [0.3, 0.4) is 0 Å². The molecule has 2 N–H and O–H groups in total. The third-order valence-corrected chi connectivity index (χ3v) is 3.67. The number of aromatic nitrogens is 2. The van der Waals surface area contributed by atoms with Gasteiger partial charge in [0.2, 0.25) is 5.91 Å². The molecule has 2 aromatic heterocycles. The lowest BCUT2D eigenvalue weighted by Gasteiger charge is -2.14. The van der Waals surface area contributed by atoms with Crippen LogP contribution in [0.4, 0.5) is 4.39 Å². The zero-order valence-corrected chi connectivity index (χ0v) is 13.4. The zero-order chi connectivity index (χ0) is 16.9. The molecule has 1 aromatic carbocycles. The van der Waals surface area contributed by atoms with E-state index in [0.29, 0.717) is 31.6 Å². The average Bonchev–Trinajstić information content (AvgIpc) is 3.19. The molecule has 2 heterocycles. The van der Waals surface area contributed by atoms with E-state index < -0.39 is 0 Å². The van der Waals surface area contributed by atoms with Crippen molar-refractivity contribution in [2.45, 2.75) is 19.5 Å². The van der Waals surface area contributed by atoms with Gasteiger partial charge in [0.1, 0.15) is 17.4 Å². The van der Waals surface area contributed by atoms with Gasteiger partial charge in [0.25, 0.3) is 0 Å². The van der Waals surface area contributed by atoms with Gasteiger partial charge in [-0.3, -0.25) is 9.69 Å². The van der Waals surface area contributed by atoms with Gasteiger partial charge < -0.3 is 14.7 Å². The molecule has 3 aromatic rings. The molecule has 0 aliphatic carbocycles. The molecule has 1 amide bonds. The fourth-order valence-corrected chi connectivity index (χ4v) is 2.42. The van der Waals surface area contributed by atoms with E-state index in [9.17, 15) is 9.18 Å². The lowest BCUT2D eigenvalue weighted by molar-refractivity contribution is -0.121. The first-order chi connectivity index (χ1) is 11.6. The van der Waals surface area contributed by atoms with Crippen LogP contribution in [0.5, 0.6) is 0 Å². The van der Waals surface area contributed by atoms with Gasteiger partial charge in [-0.25, -0.2) is 9.37 Å². The van der Waals surface area contributed by atoms with E-state index in [0.717, 1.165) is 17.1 Å². The van der Waals surface area contributed by atoms with Crippen molar-refractivity contribution in [3.8, 4) is 0 Å². The van der Waals surface area contributed by atoms with Gasteiger partial charge in [0, 0.05) is 13.0 Å². The Labute approximate surface area is 138 Å². The summed E-state index contributed by atoms with van der Waals surface area (Å²) >= 11 is 0. The summed E-state index contributed by atoms with van der Waals surface area (Å²) in [5.74, 6) is 1.14. The van der Waals surface area contributed by atoms with E-state index >= 15 is 0 Å². The predicted molar refractivity (Wildman–Crippen MR) is 87.6 cm³/mol. The van der Waals surface area contributed by atoms with Crippen LogP contribution in [0.1, 0.15) is 18.0 Å². The summed E-state index contributed by atoms with van der Waals surface area (Å²) in [6.07, 6.45) is 1.96. The number of furan rings is 1. The number of carbonyl (C=O) groups excluding carboxylic acids is 1. The Morgan fingerprint density at radius 2 is 2.29 bits per heavy atom. The number of hydrogen-bond acceptors (Lipinski definition) is 4. The molecule has 0 bridgehead atoms. The minimum atomic E-state index is -0.292. The normalized spacial score (nSPS) is 11.3. The van der Waals surface area contributed by atoms with Crippen LogP contribution < -0.4 is 5.32 Å².